The molecule has 2 heterocycles. The summed E-state index contributed by atoms with van der Waals surface area (Å²) in [6, 6.07) is 3.66. The summed E-state index contributed by atoms with van der Waals surface area (Å²) in [7, 11) is 0. The second-order valence-electron chi connectivity index (χ2n) is 5.44. The van der Waals surface area contributed by atoms with Gasteiger partial charge in [0.2, 0.25) is 0 Å². The van der Waals surface area contributed by atoms with E-state index in [0.717, 1.165) is 6.07 Å². The van der Waals surface area contributed by atoms with Crippen LogP contribution in [0.5, 0.6) is 0 Å². The van der Waals surface area contributed by atoms with E-state index in [1.54, 1.807) is 22.0 Å². The second kappa shape index (κ2) is 6.23. The Labute approximate surface area is 131 Å². The highest BCUT2D eigenvalue weighted by Gasteiger charge is 2.35. The van der Waals surface area contributed by atoms with E-state index in [-0.39, 0.29) is 0 Å². The molecular formula is C15H16F2N6. The Morgan fingerprint density at radius 1 is 1.00 bits per heavy atom. The fourth-order valence-corrected chi connectivity index (χ4v) is 2.80. The molecule has 23 heavy (non-hydrogen) atoms. The highest BCUT2D eigenvalue weighted by Crippen LogP contribution is 2.34. The van der Waals surface area contributed by atoms with E-state index in [2.05, 4.69) is 20.2 Å². The normalized spacial score (nSPS) is 11.8. The van der Waals surface area contributed by atoms with Crippen molar-refractivity contribution in [2.24, 2.45) is 0 Å². The summed E-state index contributed by atoms with van der Waals surface area (Å²) in [4.78, 5) is 7.86. The first kappa shape index (κ1) is 15.3. The number of halogens is 2. The van der Waals surface area contributed by atoms with Crippen LogP contribution in [0.4, 0.5) is 8.78 Å². The van der Waals surface area contributed by atoms with Crippen LogP contribution in [0.25, 0.3) is 0 Å². The molecule has 0 aliphatic heterocycles. The van der Waals surface area contributed by atoms with Crippen molar-refractivity contribution in [3.63, 3.8) is 0 Å². The van der Waals surface area contributed by atoms with E-state index in [4.69, 9.17) is 0 Å². The van der Waals surface area contributed by atoms with Crippen molar-refractivity contribution in [1.29, 1.82) is 0 Å². The maximum Gasteiger partial charge on any atom is 0.137 e. The van der Waals surface area contributed by atoms with Crippen LogP contribution in [0.1, 0.15) is 18.9 Å². The van der Waals surface area contributed by atoms with Crippen LogP contribution >= 0.6 is 0 Å². The maximum atomic E-state index is 14.5. The van der Waals surface area contributed by atoms with E-state index in [1.165, 1.54) is 24.8 Å². The zero-order valence-corrected chi connectivity index (χ0v) is 12.6. The number of nitrogens with zero attached hydrogens (tertiary/aromatic N) is 6. The van der Waals surface area contributed by atoms with Gasteiger partial charge in [-0.05, 0) is 18.1 Å². The van der Waals surface area contributed by atoms with E-state index in [1.807, 2.05) is 6.92 Å². The zero-order valence-electron chi connectivity index (χ0n) is 12.6. The lowest BCUT2D eigenvalue weighted by Crippen LogP contribution is -2.37. The van der Waals surface area contributed by atoms with Crippen molar-refractivity contribution < 1.29 is 8.78 Å². The van der Waals surface area contributed by atoms with Gasteiger partial charge in [0.1, 0.15) is 36.9 Å². The summed E-state index contributed by atoms with van der Waals surface area (Å²) < 4.78 is 31.0. The fourth-order valence-electron chi connectivity index (χ4n) is 2.80. The van der Waals surface area contributed by atoms with Gasteiger partial charge in [0.25, 0.3) is 0 Å². The minimum absolute atomic E-state index is 0.395. The van der Waals surface area contributed by atoms with Crippen molar-refractivity contribution in [2.75, 3.05) is 0 Å². The van der Waals surface area contributed by atoms with Crippen molar-refractivity contribution in [1.82, 2.24) is 29.5 Å². The summed E-state index contributed by atoms with van der Waals surface area (Å²) in [5.74, 6) is -1.18. The Morgan fingerprint density at radius 2 is 1.61 bits per heavy atom. The molecule has 6 nitrogen and oxygen atoms in total. The Bertz CT molecular complexity index is 718. The molecule has 0 spiro atoms. The SMILES string of the molecule is CCC(Cn1cncn1)(Cn1cncn1)c1ccc(F)cc1F. The largest absolute Gasteiger partial charge is 0.252 e. The standard InChI is InChI=1S/C15H16F2N6/c1-2-15(6-22-10-18-8-20-22,7-23-11-19-9-21-23)13-4-3-12(16)5-14(13)17/h3-5,8-11H,2,6-7H2,1H3. The summed E-state index contributed by atoms with van der Waals surface area (Å²) >= 11 is 0. The van der Waals surface area contributed by atoms with Crippen molar-refractivity contribution >= 4 is 0 Å². The topological polar surface area (TPSA) is 61.4 Å². The van der Waals surface area contributed by atoms with Gasteiger partial charge < -0.3 is 0 Å². The van der Waals surface area contributed by atoms with Crippen LogP contribution in [0, 0.1) is 11.6 Å². The van der Waals surface area contributed by atoms with Crippen molar-refractivity contribution in [2.45, 2.75) is 31.8 Å². The van der Waals surface area contributed by atoms with E-state index in [0.29, 0.717) is 25.1 Å². The molecule has 0 fully saturated rings. The molecule has 0 aliphatic rings. The van der Waals surface area contributed by atoms with Gasteiger partial charge in [-0.2, -0.15) is 10.2 Å². The first-order valence-corrected chi connectivity index (χ1v) is 7.23. The van der Waals surface area contributed by atoms with Gasteiger partial charge in [0, 0.05) is 11.5 Å². The fraction of sp³-hybridized carbons (Fsp3) is 0.333. The molecule has 0 saturated carbocycles. The third kappa shape index (κ3) is 3.10. The third-order valence-electron chi connectivity index (χ3n) is 4.04. The Morgan fingerprint density at radius 3 is 2.04 bits per heavy atom. The summed E-state index contributed by atoms with van der Waals surface area (Å²) in [5, 5.41) is 8.23. The van der Waals surface area contributed by atoms with Gasteiger partial charge in [0.15, 0.2) is 0 Å². The Kier molecular flexibility index (Phi) is 4.14. The Balaban J connectivity index is 2.06. The molecule has 1 aromatic carbocycles. The molecule has 8 heteroatoms. The van der Waals surface area contributed by atoms with Crippen LogP contribution in [0.2, 0.25) is 0 Å². The number of hydrogen-bond acceptors (Lipinski definition) is 4. The minimum Gasteiger partial charge on any atom is -0.252 e. The third-order valence-corrected chi connectivity index (χ3v) is 4.04. The highest BCUT2D eigenvalue weighted by atomic mass is 19.1. The predicted molar refractivity (Wildman–Crippen MR) is 78.4 cm³/mol. The van der Waals surface area contributed by atoms with Gasteiger partial charge in [-0.25, -0.2) is 18.7 Å². The lowest BCUT2D eigenvalue weighted by Gasteiger charge is -2.33. The first-order valence-electron chi connectivity index (χ1n) is 7.23. The maximum absolute atomic E-state index is 14.5. The van der Waals surface area contributed by atoms with Crippen LogP contribution < -0.4 is 0 Å². The van der Waals surface area contributed by atoms with Crippen molar-refractivity contribution in [3.8, 4) is 0 Å². The lowest BCUT2D eigenvalue weighted by molar-refractivity contribution is 0.267. The number of benzene rings is 1. The molecule has 0 radical (unpaired) electrons. The van der Waals surface area contributed by atoms with E-state index >= 15 is 0 Å². The predicted octanol–water partition coefficient (Wildman–Crippen LogP) is 2.20. The summed E-state index contributed by atoms with van der Waals surface area (Å²) in [6.45, 7) is 2.74. The smallest absolute Gasteiger partial charge is 0.137 e. The lowest BCUT2D eigenvalue weighted by atomic mass is 9.77. The van der Waals surface area contributed by atoms with Gasteiger partial charge in [0.05, 0.1) is 13.1 Å². The van der Waals surface area contributed by atoms with Crippen molar-refractivity contribution in [3.05, 3.63) is 60.7 Å². The molecule has 2 aromatic heterocycles. The van der Waals surface area contributed by atoms with E-state index in [9.17, 15) is 8.78 Å². The first-order chi connectivity index (χ1) is 11.1. The number of rotatable bonds is 6. The molecule has 0 saturated heterocycles. The van der Waals surface area contributed by atoms with Gasteiger partial charge in [-0.15, -0.1) is 0 Å². The van der Waals surface area contributed by atoms with Gasteiger partial charge >= 0.3 is 0 Å². The molecule has 3 aromatic rings. The minimum atomic E-state index is -0.654. The molecular weight excluding hydrogens is 302 g/mol. The molecule has 0 bridgehead atoms. The van der Waals surface area contributed by atoms with E-state index < -0.39 is 17.0 Å². The molecule has 3 rings (SSSR count). The zero-order chi connectivity index (χ0) is 16.3. The Hall–Kier alpha value is -2.64. The molecule has 0 aliphatic carbocycles. The van der Waals surface area contributed by atoms with Crippen LogP contribution in [-0.4, -0.2) is 29.5 Å². The molecule has 120 valence electrons. The molecule has 0 amide bonds. The molecule has 0 N–H and O–H groups in total. The van der Waals surface area contributed by atoms with Gasteiger partial charge in [-0.3, -0.25) is 9.36 Å². The van der Waals surface area contributed by atoms with Crippen LogP contribution in [0.15, 0.2) is 43.5 Å². The average molecular weight is 318 g/mol. The van der Waals surface area contributed by atoms with Crippen LogP contribution in [0.3, 0.4) is 0 Å². The number of aromatic nitrogens is 6. The number of hydrogen-bond donors (Lipinski definition) is 0. The molecule has 0 unspecified atom stereocenters. The van der Waals surface area contributed by atoms with Crippen LogP contribution in [-0.2, 0) is 18.5 Å². The summed E-state index contributed by atoms with van der Waals surface area (Å²) in [6.07, 6.45) is 6.61. The summed E-state index contributed by atoms with van der Waals surface area (Å²) in [5.41, 5.74) is -0.230. The highest BCUT2D eigenvalue weighted by molar-refractivity contribution is 5.27. The average Bonchev–Trinajstić information content (AvgIpc) is 3.20. The van der Waals surface area contributed by atoms with Gasteiger partial charge in [-0.1, -0.05) is 13.0 Å². The molecule has 0 atom stereocenters. The monoisotopic (exact) mass is 318 g/mol. The second-order valence-corrected chi connectivity index (χ2v) is 5.44. The quantitative estimate of drug-likeness (QED) is 0.699.